The van der Waals surface area contributed by atoms with Crippen molar-refractivity contribution in [3.8, 4) is 22.5 Å². The molecule has 6 aromatic rings. The van der Waals surface area contributed by atoms with Gasteiger partial charge < -0.3 is 50.8 Å². The maximum Gasteiger partial charge on any atom is 0.416 e. The van der Waals surface area contributed by atoms with Crippen LogP contribution in [0, 0.1) is 22.7 Å². The summed E-state index contributed by atoms with van der Waals surface area (Å²) < 4.78 is 97.9. The molecule has 29 heteroatoms. The zero-order valence-electron chi connectivity index (χ0n) is 55.8. The number of nitrogens with one attached hydrogen (secondary N) is 3. The zero-order valence-corrected chi connectivity index (χ0v) is 56.6. The number of hydrogen-bond donors (Lipinski definition) is 4. The Balaban J connectivity index is 0.000000204. The fourth-order valence-electron chi connectivity index (χ4n) is 11.4. The molecule has 4 aromatic heterocycles. The number of hydrogen-bond acceptors (Lipinski definition) is 14. The minimum absolute atomic E-state index is 0.00804. The van der Waals surface area contributed by atoms with Crippen LogP contribution in [-0.4, -0.2) is 147 Å². The van der Waals surface area contributed by atoms with E-state index in [1.54, 1.807) is 55.1 Å². The van der Waals surface area contributed by atoms with Crippen LogP contribution in [-0.2, 0) is 34.9 Å². The van der Waals surface area contributed by atoms with Gasteiger partial charge >= 0.3 is 36.6 Å². The van der Waals surface area contributed by atoms with Gasteiger partial charge in [-0.15, -0.1) is 0 Å². The molecule has 4 fully saturated rings. The quantitative estimate of drug-likeness (QED) is 0.0736. The molecule has 4 aliphatic heterocycles. The number of rotatable bonds is 10. The number of carbonyl (C=O) groups is 4. The zero-order chi connectivity index (χ0) is 69.6. The number of alkyl halides is 6. The molecular formula is C66H87ClF6N16O6. The van der Waals surface area contributed by atoms with Crippen LogP contribution in [0.2, 0.25) is 5.28 Å². The molecule has 0 bridgehead atoms. The lowest BCUT2D eigenvalue weighted by molar-refractivity contribution is -0.139. The Hall–Kier alpha value is -8.43. The molecule has 0 radical (unpaired) electrons. The van der Waals surface area contributed by atoms with Crippen molar-refractivity contribution in [3.63, 3.8) is 0 Å². The van der Waals surface area contributed by atoms with Crippen LogP contribution in [0.3, 0.4) is 0 Å². The van der Waals surface area contributed by atoms with E-state index in [9.17, 15) is 45.5 Å². The Morgan fingerprint density at radius 1 is 0.558 bits per heavy atom. The van der Waals surface area contributed by atoms with Crippen molar-refractivity contribution in [2.75, 3.05) is 63.4 Å². The first-order chi connectivity index (χ1) is 44.3. The minimum Gasteiger partial charge on any atom is -0.444 e. The van der Waals surface area contributed by atoms with Gasteiger partial charge in [-0.1, -0.05) is 65.8 Å². The van der Waals surface area contributed by atoms with Crippen LogP contribution in [0.1, 0.15) is 143 Å². The Bertz CT molecular complexity index is 3650. The summed E-state index contributed by atoms with van der Waals surface area (Å²) in [7, 11) is 0. The highest BCUT2D eigenvalue weighted by atomic mass is 35.5. The Kier molecular flexibility index (Phi) is 22.3. The summed E-state index contributed by atoms with van der Waals surface area (Å²) in [6.07, 6.45) is 3.15. The molecule has 2 unspecified atom stereocenters. The van der Waals surface area contributed by atoms with Crippen molar-refractivity contribution >= 4 is 53.2 Å². The van der Waals surface area contributed by atoms with E-state index in [-0.39, 0.29) is 93.7 Å². The minimum atomic E-state index is -4.64. The molecule has 4 atom stereocenters. The number of halogens is 7. The van der Waals surface area contributed by atoms with Gasteiger partial charge in [0, 0.05) is 101 Å². The normalized spacial score (nSPS) is 18.6. The molecule has 22 nitrogen and oxygen atoms in total. The number of nitrogens with zero attached hydrogens (tertiary/aromatic N) is 12. The Morgan fingerprint density at radius 3 is 1.40 bits per heavy atom. The van der Waals surface area contributed by atoms with Crippen LogP contribution >= 0.6 is 11.6 Å². The number of urea groups is 2. The fourth-order valence-corrected chi connectivity index (χ4v) is 11.6. The van der Waals surface area contributed by atoms with Crippen LogP contribution in [0.5, 0.6) is 0 Å². The van der Waals surface area contributed by atoms with Gasteiger partial charge in [0.25, 0.3) is 0 Å². The van der Waals surface area contributed by atoms with Crippen molar-refractivity contribution in [1.82, 2.24) is 69.7 Å². The van der Waals surface area contributed by atoms with Gasteiger partial charge in [-0.25, -0.2) is 39.1 Å². The van der Waals surface area contributed by atoms with E-state index >= 15 is 0 Å². The SMILES string of the molecule is CC(C)(C)C1CCN(C(=O)NCc2ccc(-c3ccnc(Cl)n3)cc2C(F)(F)F)C1.CC(C)(C)OC(=O)N1CC[C@H](n2cc(N)cn2)C1.CC(C)(C)OC(=O)N1CC[C@H](n2cc(Nc3nccc(-c4ccc(CNC(=O)N5CCC(C(C)(C)C)C5)c(C(F)(F)F)c4)n3)cn2)C1. The molecule has 4 saturated heterocycles. The van der Waals surface area contributed by atoms with Crippen LogP contribution in [0.15, 0.2) is 85.7 Å². The molecule has 2 aromatic carbocycles. The van der Waals surface area contributed by atoms with Crippen LogP contribution < -0.4 is 21.7 Å². The van der Waals surface area contributed by atoms with Gasteiger partial charge in [0.1, 0.15) is 11.2 Å². The van der Waals surface area contributed by atoms with Gasteiger partial charge in [0.2, 0.25) is 11.2 Å². The van der Waals surface area contributed by atoms with Gasteiger partial charge in [0.05, 0.1) is 58.4 Å². The molecule has 0 spiro atoms. The molecule has 0 saturated carbocycles. The summed E-state index contributed by atoms with van der Waals surface area (Å²) in [5, 5.41) is 16.9. The second-order valence-corrected chi connectivity index (χ2v) is 28.8. The Morgan fingerprint density at radius 2 is 0.989 bits per heavy atom. The third-order valence-corrected chi connectivity index (χ3v) is 17.0. The van der Waals surface area contributed by atoms with Gasteiger partial charge in [-0.05, 0) is 137 Å². The largest absolute Gasteiger partial charge is 0.444 e. The molecule has 10 rings (SSSR count). The number of ether oxygens (including phenoxy) is 2. The van der Waals surface area contributed by atoms with Crippen molar-refractivity contribution in [1.29, 1.82) is 0 Å². The van der Waals surface area contributed by atoms with E-state index in [0.29, 0.717) is 93.4 Å². The summed E-state index contributed by atoms with van der Waals surface area (Å²) in [6.45, 7) is 28.1. The smallest absolute Gasteiger partial charge is 0.416 e. The van der Waals surface area contributed by atoms with Crippen molar-refractivity contribution in [2.45, 2.75) is 157 Å². The molecule has 95 heavy (non-hydrogen) atoms. The maximum absolute atomic E-state index is 14.2. The molecule has 5 N–H and O–H groups in total. The third kappa shape index (κ3) is 20.3. The predicted molar refractivity (Wildman–Crippen MR) is 348 cm³/mol. The summed E-state index contributed by atoms with van der Waals surface area (Å²) in [5.41, 5.74) is 5.40. The first-order valence-corrected chi connectivity index (χ1v) is 32.0. The van der Waals surface area contributed by atoms with Crippen LogP contribution in [0.25, 0.3) is 22.5 Å². The number of nitrogens with two attached hydrogens (primary N) is 1. The first-order valence-electron chi connectivity index (χ1n) is 31.6. The molecule has 4 aliphatic rings. The van der Waals surface area contributed by atoms with E-state index < -0.39 is 34.7 Å². The lowest BCUT2D eigenvalue weighted by atomic mass is 9.80. The molecular weight excluding hydrogens is 1260 g/mol. The van der Waals surface area contributed by atoms with Gasteiger partial charge in [-0.2, -0.15) is 36.5 Å². The van der Waals surface area contributed by atoms with Gasteiger partial charge in [-0.3, -0.25) is 9.36 Å². The van der Waals surface area contributed by atoms with E-state index in [0.717, 1.165) is 31.4 Å². The van der Waals surface area contributed by atoms with Crippen molar-refractivity contribution in [3.05, 3.63) is 113 Å². The highest BCUT2D eigenvalue weighted by Gasteiger charge is 2.39. The number of amides is 6. The Labute approximate surface area is 555 Å². The highest BCUT2D eigenvalue weighted by molar-refractivity contribution is 6.28. The highest BCUT2D eigenvalue weighted by Crippen LogP contribution is 2.39. The van der Waals surface area contributed by atoms with E-state index in [1.807, 2.05) is 46.2 Å². The average Bonchev–Trinajstić information content (AvgIpc) is 1.78. The summed E-state index contributed by atoms with van der Waals surface area (Å²) in [6, 6.07) is 10.4. The number of likely N-dealkylation sites (tertiary alicyclic amines) is 4. The van der Waals surface area contributed by atoms with E-state index in [2.05, 4.69) is 87.6 Å². The summed E-state index contributed by atoms with van der Waals surface area (Å²) in [4.78, 5) is 72.7. The third-order valence-electron chi connectivity index (χ3n) is 16.8. The first kappa shape index (κ1) is 72.4. The number of aromatic nitrogens is 8. The van der Waals surface area contributed by atoms with Gasteiger partial charge in [0.15, 0.2) is 0 Å². The lowest BCUT2D eigenvalue weighted by Gasteiger charge is -2.27. The predicted octanol–water partition coefficient (Wildman–Crippen LogP) is 13.9. The number of benzene rings is 2. The molecule has 516 valence electrons. The average molecular weight is 1350 g/mol. The summed E-state index contributed by atoms with van der Waals surface area (Å²) in [5.74, 6) is 0.895. The lowest BCUT2D eigenvalue weighted by Crippen LogP contribution is -2.39. The van der Waals surface area contributed by atoms with Crippen molar-refractivity contribution < 1.29 is 55.0 Å². The van der Waals surface area contributed by atoms with E-state index in [4.69, 9.17) is 26.8 Å². The van der Waals surface area contributed by atoms with Crippen molar-refractivity contribution in [2.24, 2.45) is 22.7 Å². The molecule has 6 amide bonds. The maximum atomic E-state index is 14.2. The second kappa shape index (κ2) is 29.3. The monoisotopic (exact) mass is 1350 g/mol. The van der Waals surface area contributed by atoms with E-state index in [1.165, 1.54) is 42.7 Å². The topological polar surface area (TPSA) is 249 Å². The number of carbonyl (C=O) groups excluding carboxylic acids is 4. The number of anilines is 3. The number of nitrogen functional groups attached to an aromatic ring is 1. The molecule has 8 heterocycles. The summed E-state index contributed by atoms with van der Waals surface area (Å²) >= 11 is 5.74. The second-order valence-electron chi connectivity index (χ2n) is 28.5. The fraction of sp³-hybridized carbons (Fsp3) is 0.545. The van der Waals surface area contributed by atoms with Crippen LogP contribution in [0.4, 0.5) is 62.8 Å². The standard InChI is InChI=1S/C33H43F3N8O3.C21H24ClF3N4O.C12H20N4O2/c1-31(2,3)23-10-13-42(18-23)29(45)38-16-22-8-7-21(15-26(22)33(34,35)36)27-9-12-37-28(41-27)40-24-17-39-44(19-24)25-11-14-43(20-25)30(46)47-32(4,5)6;1-20(2,3)15-7-9-29(12-15)19(30)27-11-14-5-4-13(10-16(14)21(23,24)25)17-6-8-26-18(22)28-17;1-12(2,3)18-11(17)15-5-4-10(8-15)16-7-9(13)6-14-16/h7-9,12,15,17,19,23,25H,10-11,13-14,16,18,20H2,1-6H3,(H,38,45)(H,37,40,41);4-6,8,10,15H,7,9,11-12H2,1-3H3,(H,27,30);6-7,10H,4-5,8,13H2,1-3H3/t23?,25-;;10-/m0.0/s1. The molecule has 0 aliphatic carbocycles.